The normalized spacial score (nSPS) is 10.6. The van der Waals surface area contributed by atoms with Gasteiger partial charge >= 0.3 is 0 Å². The summed E-state index contributed by atoms with van der Waals surface area (Å²) in [5, 5.41) is 27.3. The van der Waals surface area contributed by atoms with E-state index < -0.39 is 0 Å². The van der Waals surface area contributed by atoms with E-state index in [9.17, 15) is 10.4 Å². The Morgan fingerprint density at radius 1 is 1.24 bits per heavy atom. The molecule has 0 bridgehead atoms. The molecular formula is C22H23ClN4O2. The van der Waals surface area contributed by atoms with Gasteiger partial charge in [0.15, 0.2) is 0 Å². The summed E-state index contributed by atoms with van der Waals surface area (Å²) in [5.74, 6) is 0.617. The predicted molar refractivity (Wildman–Crippen MR) is 116 cm³/mol. The minimum atomic E-state index is -0.164. The molecule has 0 saturated heterocycles. The standard InChI is InChI=1S/C22H23ClN4O2/c1-3-6-25-19-9-15(10-24)7-17-21(16(13-28)12-27-22(17)19)26-11-14-4-5-20(29-2)18(23)8-14/h4-5,7-9,12,25,28H,3,6,11,13H2,1-2H3,(H,26,27). The van der Waals surface area contributed by atoms with E-state index in [0.717, 1.165) is 40.8 Å². The first-order valence-corrected chi connectivity index (χ1v) is 9.75. The molecule has 0 fully saturated rings. The number of rotatable bonds is 8. The topological polar surface area (TPSA) is 90.2 Å². The van der Waals surface area contributed by atoms with Gasteiger partial charge in [-0.05, 0) is 36.2 Å². The molecule has 150 valence electrons. The molecule has 6 nitrogen and oxygen atoms in total. The number of methoxy groups -OCH3 is 1. The van der Waals surface area contributed by atoms with Crippen molar-refractivity contribution in [3.05, 3.63) is 58.2 Å². The van der Waals surface area contributed by atoms with Crippen molar-refractivity contribution in [3.8, 4) is 11.8 Å². The van der Waals surface area contributed by atoms with E-state index in [2.05, 4.69) is 28.6 Å². The van der Waals surface area contributed by atoms with Gasteiger partial charge < -0.3 is 20.5 Å². The third-order valence-corrected chi connectivity index (χ3v) is 4.90. The van der Waals surface area contributed by atoms with Crippen LogP contribution < -0.4 is 15.4 Å². The highest BCUT2D eigenvalue weighted by Crippen LogP contribution is 2.33. The molecule has 0 amide bonds. The molecule has 29 heavy (non-hydrogen) atoms. The highest BCUT2D eigenvalue weighted by atomic mass is 35.5. The fourth-order valence-electron chi connectivity index (χ4n) is 3.14. The van der Waals surface area contributed by atoms with E-state index in [1.807, 2.05) is 18.2 Å². The first kappa shape index (κ1) is 20.7. The van der Waals surface area contributed by atoms with Gasteiger partial charge in [0.2, 0.25) is 0 Å². The molecule has 3 N–H and O–H groups in total. The van der Waals surface area contributed by atoms with Crippen LogP contribution in [-0.4, -0.2) is 23.7 Å². The molecule has 0 aliphatic carbocycles. The second kappa shape index (κ2) is 9.46. The van der Waals surface area contributed by atoms with E-state index in [-0.39, 0.29) is 6.61 Å². The van der Waals surface area contributed by atoms with E-state index in [0.29, 0.717) is 28.4 Å². The number of nitrogens with zero attached hydrogens (tertiary/aromatic N) is 2. The van der Waals surface area contributed by atoms with E-state index >= 15 is 0 Å². The molecule has 0 aliphatic rings. The van der Waals surface area contributed by atoms with Crippen molar-refractivity contribution < 1.29 is 9.84 Å². The Balaban J connectivity index is 2.03. The Morgan fingerprint density at radius 2 is 2.07 bits per heavy atom. The Morgan fingerprint density at radius 3 is 2.72 bits per heavy atom. The average Bonchev–Trinajstić information content (AvgIpc) is 2.75. The number of fused-ring (bicyclic) bond motifs is 1. The van der Waals surface area contributed by atoms with Gasteiger partial charge in [-0.15, -0.1) is 0 Å². The van der Waals surface area contributed by atoms with Gasteiger partial charge in [-0.1, -0.05) is 24.6 Å². The second-order valence-corrected chi connectivity index (χ2v) is 7.00. The fourth-order valence-corrected chi connectivity index (χ4v) is 3.42. The summed E-state index contributed by atoms with van der Waals surface area (Å²) in [7, 11) is 1.58. The fraction of sp³-hybridized carbons (Fsp3) is 0.273. The number of nitrogens with one attached hydrogen (secondary N) is 2. The van der Waals surface area contributed by atoms with Crippen LogP contribution >= 0.6 is 11.6 Å². The maximum absolute atomic E-state index is 9.83. The number of aliphatic hydroxyl groups is 1. The monoisotopic (exact) mass is 410 g/mol. The number of benzene rings is 2. The first-order chi connectivity index (χ1) is 14.1. The lowest BCUT2D eigenvalue weighted by molar-refractivity contribution is 0.282. The van der Waals surface area contributed by atoms with E-state index in [4.69, 9.17) is 16.3 Å². The number of nitriles is 1. The van der Waals surface area contributed by atoms with Crippen molar-refractivity contribution in [1.29, 1.82) is 5.26 Å². The summed E-state index contributed by atoms with van der Waals surface area (Å²) in [6.45, 7) is 3.18. The molecule has 3 aromatic rings. The predicted octanol–water partition coefficient (Wildman–Crippen LogP) is 4.69. The van der Waals surface area contributed by atoms with Gasteiger partial charge in [0.1, 0.15) is 5.75 Å². The Hall–Kier alpha value is -3.01. The molecule has 7 heteroatoms. The van der Waals surface area contributed by atoms with Crippen LogP contribution in [0.1, 0.15) is 30.0 Å². The van der Waals surface area contributed by atoms with Crippen LogP contribution in [0.3, 0.4) is 0 Å². The number of hydrogen-bond donors (Lipinski definition) is 3. The lowest BCUT2D eigenvalue weighted by Gasteiger charge is -2.17. The number of ether oxygens (including phenoxy) is 1. The van der Waals surface area contributed by atoms with Crippen molar-refractivity contribution in [2.24, 2.45) is 0 Å². The third-order valence-electron chi connectivity index (χ3n) is 4.60. The van der Waals surface area contributed by atoms with Crippen LogP contribution in [0.15, 0.2) is 36.5 Å². The van der Waals surface area contributed by atoms with Crippen LogP contribution in [0.25, 0.3) is 10.9 Å². The van der Waals surface area contributed by atoms with Gasteiger partial charge in [-0.3, -0.25) is 4.98 Å². The highest BCUT2D eigenvalue weighted by Gasteiger charge is 2.13. The molecule has 0 atom stereocenters. The van der Waals surface area contributed by atoms with Crippen LogP contribution in [0, 0.1) is 11.3 Å². The summed E-state index contributed by atoms with van der Waals surface area (Å²) < 4.78 is 5.20. The zero-order valence-electron chi connectivity index (χ0n) is 16.4. The zero-order valence-corrected chi connectivity index (χ0v) is 17.2. The largest absolute Gasteiger partial charge is 0.495 e. The summed E-state index contributed by atoms with van der Waals surface area (Å²) in [6.07, 6.45) is 2.62. The van der Waals surface area contributed by atoms with Gasteiger partial charge in [0, 0.05) is 30.2 Å². The molecule has 1 heterocycles. The lowest BCUT2D eigenvalue weighted by atomic mass is 10.0. The smallest absolute Gasteiger partial charge is 0.137 e. The number of halogens is 1. The van der Waals surface area contributed by atoms with Gasteiger partial charge in [0.05, 0.1) is 47.3 Å². The number of anilines is 2. The van der Waals surface area contributed by atoms with Crippen molar-refractivity contribution in [3.63, 3.8) is 0 Å². The van der Waals surface area contributed by atoms with Crippen molar-refractivity contribution in [1.82, 2.24) is 4.98 Å². The van der Waals surface area contributed by atoms with Crippen LogP contribution in [0.4, 0.5) is 11.4 Å². The maximum atomic E-state index is 9.83. The van der Waals surface area contributed by atoms with Crippen LogP contribution in [0.5, 0.6) is 5.75 Å². The van der Waals surface area contributed by atoms with E-state index in [1.54, 1.807) is 25.4 Å². The molecule has 0 saturated carbocycles. The van der Waals surface area contributed by atoms with Crippen LogP contribution in [-0.2, 0) is 13.2 Å². The second-order valence-electron chi connectivity index (χ2n) is 6.60. The van der Waals surface area contributed by atoms with E-state index in [1.165, 1.54) is 0 Å². The number of aromatic nitrogens is 1. The highest BCUT2D eigenvalue weighted by molar-refractivity contribution is 6.32. The Labute approximate surface area is 175 Å². The number of hydrogen-bond acceptors (Lipinski definition) is 6. The third kappa shape index (κ3) is 4.53. The summed E-state index contributed by atoms with van der Waals surface area (Å²) >= 11 is 6.23. The Kier molecular flexibility index (Phi) is 6.76. The average molecular weight is 411 g/mol. The molecule has 1 aromatic heterocycles. The number of pyridine rings is 1. The van der Waals surface area contributed by atoms with Gasteiger partial charge in [-0.2, -0.15) is 5.26 Å². The summed E-state index contributed by atoms with van der Waals surface area (Å²) in [4.78, 5) is 4.52. The van der Waals surface area contributed by atoms with Gasteiger partial charge in [0.25, 0.3) is 0 Å². The molecule has 0 aliphatic heterocycles. The quantitative estimate of drug-likeness (QED) is 0.499. The molecular weight excluding hydrogens is 388 g/mol. The summed E-state index contributed by atoms with van der Waals surface area (Å²) in [6, 6.07) is 11.4. The summed E-state index contributed by atoms with van der Waals surface area (Å²) in [5.41, 5.74) is 4.47. The maximum Gasteiger partial charge on any atom is 0.137 e. The van der Waals surface area contributed by atoms with Gasteiger partial charge in [-0.25, -0.2) is 0 Å². The Bertz CT molecular complexity index is 1060. The molecule has 0 spiro atoms. The van der Waals surface area contributed by atoms with Crippen molar-refractivity contribution >= 4 is 33.9 Å². The molecule has 0 unspecified atom stereocenters. The minimum Gasteiger partial charge on any atom is -0.495 e. The van der Waals surface area contributed by atoms with Crippen molar-refractivity contribution in [2.75, 3.05) is 24.3 Å². The molecule has 2 aromatic carbocycles. The number of aliphatic hydroxyl groups excluding tert-OH is 1. The van der Waals surface area contributed by atoms with Crippen LogP contribution in [0.2, 0.25) is 5.02 Å². The lowest BCUT2D eigenvalue weighted by Crippen LogP contribution is -2.07. The SMILES string of the molecule is CCCNc1cc(C#N)cc2c(NCc3ccc(OC)c(Cl)c3)c(CO)cnc12. The zero-order chi connectivity index (χ0) is 20.8. The van der Waals surface area contributed by atoms with Crippen molar-refractivity contribution in [2.45, 2.75) is 26.5 Å². The first-order valence-electron chi connectivity index (χ1n) is 9.38. The molecule has 0 radical (unpaired) electrons. The molecule has 3 rings (SSSR count). The minimum absolute atomic E-state index is 0.164.